The van der Waals surface area contributed by atoms with E-state index in [-0.39, 0.29) is 28.6 Å². The van der Waals surface area contributed by atoms with Gasteiger partial charge in [-0.25, -0.2) is 0 Å². The summed E-state index contributed by atoms with van der Waals surface area (Å²) < 4.78 is 0. The van der Waals surface area contributed by atoms with E-state index in [0.29, 0.717) is 38.0 Å². The molecule has 7 nitrogen and oxygen atoms in total. The summed E-state index contributed by atoms with van der Waals surface area (Å²) in [5.41, 5.74) is 4.79. The highest BCUT2D eigenvalue weighted by Gasteiger charge is 2.14. The number of carbonyl (C=O) groups excluding carboxylic acids is 3. The van der Waals surface area contributed by atoms with Gasteiger partial charge in [-0.15, -0.1) is 0 Å². The van der Waals surface area contributed by atoms with Gasteiger partial charge < -0.3 is 21.3 Å². The van der Waals surface area contributed by atoms with Crippen molar-refractivity contribution in [1.82, 2.24) is 21.3 Å². The topological polar surface area (TPSA) is 99.3 Å². The van der Waals surface area contributed by atoms with E-state index in [1.54, 1.807) is 0 Å². The van der Waals surface area contributed by atoms with E-state index >= 15 is 0 Å². The van der Waals surface area contributed by atoms with Crippen molar-refractivity contribution < 1.29 is 14.4 Å². The Labute approximate surface area is 294 Å². The number of nitrogens with one attached hydrogen (secondary N) is 4. The average molecular weight is 667 g/mol. The fourth-order valence-corrected chi connectivity index (χ4v) is 3.48. The number of amides is 3. The lowest BCUT2D eigenvalue weighted by atomic mass is 9.96. The third kappa shape index (κ3) is 27.5. The SMILES string of the molecule is C=C(NCC(C)(C)C)c1ccc(C(=O)NCC(C)(C)C)cc1.CC(C)C.CCC.CCCNC(=O)Cc1ccc(CC(=O)NCC)cc1. The van der Waals surface area contributed by atoms with Crippen LogP contribution in [-0.2, 0) is 22.4 Å². The molecule has 0 saturated heterocycles. The summed E-state index contributed by atoms with van der Waals surface area (Å²) in [5, 5.41) is 11.9. The lowest BCUT2D eigenvalue weighted by Gasteiger charge is -2.21. The summed E-state index contributed by atoms with van der Waals surface area (Å²) in [6.07, 6.45) is 2.97. The molecule has 0 bridgehead atoms. The fourth-order valence-electron chi connectivity index (χ4n) is 3.48. The first kappa shape index (κ1) is 46.5. The molecule has 4 N–H and O–H groups in total. The molecule has 2 aromatic rings. The second kappa shape index (κ2) is 25.4. The van der Waals surface area contributed by atoms with E-state index in [2.05, 4.69) is 104 Å². The van der Waals surface area contributed by atoms with Crippen LogP contribution in [0, 0.1) is 16.7 Å². The molecule has 2 rings (SSSR count). The molecule has 0 aliphatic carbocycles. The van der Waals surface area contributed by atoms with Gasteiger partial charge in [0.25, 0.3) is 5.91 Å². The van der Waals surface area contributed by atoms with Crippen LogP contribution in [0.5, 0.6) is 0 Å². The zero-order chi connectivity index (χ0) is 37.3. The Bertz CT molecular complexity index is 1120. The van der Waals surface area contributed by atoms with Crippen LogP contribution >= 0.6 is 0 Å². The zero-order valence-electron chi connectivity index (χ0n) is 32.8. The normalized spacial score (nSPS) is 10.5. The first-order chi connectivity index (χ1) is 22.3. The van der Waals surface area contributed by atoms with Crippen molar-refractivity contribution in [2.24, 2.45) is 16.7 Å². The molecule has 2 aromatic carbocycles. The molecule has 48 heavy (non-hydrogen) atoms. The fraction of sp³-hybridized carbons (Fsp3) is 0.585. The van der Waals surface area contributed by atoms with Crippen LogP contribution in [0.4, 0.5) is 0 Å². The largest absolute Gasteiger partial charge is 0.385 e. The lowest BCUT2D eigenvalue weighted by molar-refractivity contribution is -0.121. The van der Waals surface area contributed by atoms with Crippen molar-refractivity contribution >= 4 is 23.4 Å². The minimum Gasteiger partial charge on any atom is -0.385 e. The molecule has 0 aliphatic rings. The molecule has 0 radical (unpaired) electrons. The standard InChI is InChI=1S/C19H30N2O.C15H22N2O2.C4H10.C3H8/c1-14(20-12-18(2,3)4)15-8-10-16(11-9-15)17(22)21-13-19(5,6)7;1-3-9-17-15(19)11-13-7-5-12(6-8-13)10-14(18)16-4-2;1-4(2)3;1-3-2/h8-11,20H,1,12-13H2,2-7H3,(H,21,22);5-8H,3-4,9-11H2,1-2H3,(H,16,18)(H,17,19);4H,1-3H3;3H2,1-2H3. The summed E-state index contributed by atoms with van der Waals surface area (Å²) in [6.45, 7) is 34.4. The van der Waals surface area contributed by atoms with E-state index < -0.39 is 0 Å². The van der Waals surface area contributed by atoms with Gasteiger partial charge in [0.05, 0.1) is 12.8 Å². The molecule has 272 valence electrons. The van der Waals surface area contributed by atoms with Crippen molar-refractivity contribution in [3.8, 4) is 0 Å². The maximum absolute atomic E-state index is 12.1. The second-order valence-electron chi connectivity index (χ2n) is 15.1. The number of carbonyl (C=O) groups is 3. The molecular formula is C41H70N4O3. The zero-order valence-corrected chi connectivity index (χ0v) is 32.8. The Hall–Kier alpha value is -3.61. The highest BCUT2D eigenvalue weighted by atomic mass is 16.2. The molecule has 3 amide bonds. The highest BCUT2D eigenvalue weighted by Crippen LogP contribution is 2.16. The predicted octanol–water partition coefficient (Wildman–Crippen LogP) is 8.58. The van der Waals surface area contributed by atoms with Crippen molar-refractivity contribution in [3.05, 3.63) is 77.4 Å². The van der Waals surface area contributed by atoms with E-state index in [1.807, 2.05) is 62.4 Å². The van der Waals surface area contributed by atoms with Crippen molar-refractivity contribution in [2.75, 3.05) is 26.2 Å². The predicted molar refractivity (Wildman–Crippen MR) is 207 cm³/mol. The van der Waals surface area contributed by atoms with E-state index in [4.69, 9.17) is 0 Å². The molecule has 0 aliphatic heterocycles. The number of benzene rings is 2. The Morgan fingerprint density at radius 1 is 0.625 bits per heavy atom. The van der Waals surface area contributed by atoms with Gasteiger partial charge in [-0.05, 0) is 58.9 Å². The average Bonchev–Trinajstić information content (AvgIpc) is 2.98. The van der Waals surface area contributed by atoms with Crippen LogP contribution in [0.25, 0.3) is 5.70 Å². The molecule has 7 heteroatoms. The molecule has 0 atom stereocenters. The number of hydrogen-bond acceptors (Lipinski definition) is 4. The summed E-state index contributed by atoms with van der Waals surface area (Å²) in [4.78, 5) is 35.0. The smallest absolute Gasteiger partial charge is 0.251 e. The summed E-state index contributed by atoms with van der Waals surface area (Å²) in [7, 11) is 0. The van der Waals surface area contributed by atoms with Crippen LogP contribution in [0.1, 0.15) is 130 Å². The van der Waals surface area contributed by atoms with E-state index in [0.717, 1.165) is 41.3 Å². The van der Waals surface area contributed by atoms with Crippen molar-refractivity contribution in [2.45, 2.75) is 116 Å². The summed E-state index contributed by atoms with van der Waals surface area (Å²) in [5.74, 6) is 0.865. The van der Waals surface area contributed by atoms with Gasteiger partial charge in [-0.1, -0.05) is 132 Å². The molecule has 0 spiro atoms. The minimum atomic E-state index is -0.0327. The molecule has 0 saturated carbocycles. The minimum absolute atomic E-state index is 0.0240. The Morgan fingerprint density at radius 2 is 1.00 bits per heavy atom. The summed E-state index contributed by atoms with van der Waals surface area (Å²) in [6, 6.07) is 15.2. The lowest BCUT2D eigenvalue weighted by Crippen LogP contribution is -2.32. The Morgan fingerprint density at radius 3 is 1.38 bits per heavy atom. The van der Waals surface area contributed by atoms with Crippen LogP contribution in [0.15, 0.2) is 55.1 Å². The van der Waals surface area contributed by atoms with Gasteiger partial charge in [0.1, 0.15) is 0 Å². The monoisotopic (exact) mass is 667 g/mol. The molecule has 0 unspecified atom stereocenters. The first-order valence-corrected chi connectivity index (χ1v) is 17.7. The van der Waals surface area contributed by atoms with Gasteiger partial charge >= 0.3 is 0 Å². The number of likely N-dealkylation sites (N-methyl/N-ethyl adjacent to an activating group) is 1. The van der Waals surface area contributed by atoms with Crippen molar-refractivity contribution in [3.63, 3.8) is 0 Å². The van der Waals surface area contributed by atoms with Crippen LogP contribution in [-0.4, -0.2) is 43.9 Å². The van der Waals surface area contributed by atoms with E-state index in [9.17, 15) is 14.4 Å². The van der Waals surface area contributed by atoms with Crippen LogP contribution < -0.4 is 21.3 Å². The quantitative estimate of drug-likeness (QED) is 0.182. The van der Waals surface area contributed by atoms with Crippen molar-refractivity contribution in [1.29, 1.82) is 0 Å². The van der Waals surface area contributed by atoms with Gasteiger partial charge in [-0.2, -0.15) is 0 Å². The molecular weight excluding hydrogens is 596 g/mol. The molecule has 0 heterocycles. The maximum Gasteiger partial charge on any atom is 0.251 e. The Balaban J connectivity index is 0. The maximum atomic E-state index is 12.1. The number of hydrogen-bond donors (Lipinski definition) is 4. The van der Waals surface area contributed by atoms with Gasteiger partial charge in [0.15, 0.2) is 0 Å². The summed E-state index contributed by atoms with van der Waals surface area (Å²) >= 11 is 0. The number of rotatable bonds is 12. The third-order valence-electron chi connectivity index (χ3n) is 5.81. The highest BCUT2D eigenvalue weighted by molar-refractivity contribution is 5.94. The second-order valence-corrected chi connectivity index (χ2v) is 15.1. The van der Waals surface area contributed by atoms with Crippen LogP contribution in [0.3, 0.4) is 0 Å². The van der Waals surface area contributed by atoms with Gasteiger partial charge in [0.2, 0.25) is 11.8 Å². The van der Waals surface area contributed by atoms with E-state index in [1.165, 1.54) is 6.42 Å². The first-order valence-electron chi connectivity index (χ1n) is 17.7. The molecule has 0 fully saturated rings. The van der Waals surface area contributed by atoms with Gasteiger partial charge in [-0.3, -0.25) is 14.4 Å². The third-order valence-corrected chi connectivity index (χ3v) is 5.81. The Kier molecular flexibility index (Phi) is 24.6. The molecule has 0 aromatic heterocycles. The van der Waals surface area contributed by atoms with Crippen LogP contribution in [0.2, 0.25) is 0 Å². The van der Waals surface area contributed by atoms with Gasteiger partial charge in [0, 0.05) is 37.4 Å².